The Labute approximate surface area is 83.0 Å². The van der Waals surface area contributed by atoms with Crippen LogP contribution in [0, 0.1) is 0 Å². The Morgan fingerprint density at radius 2 is 1.93 bits per heavy atom. The first-order valence-corrected chi connectivity index (χ1v) is 5.24. The summed E-state index contributed by atoms with van der Waals surface area (Å²) in [7, 11) is -1.37. The standard InChI is InChI=1S/C9H9FO3S/c10-5-6-14(13)8-3-1-7(2-4-8)9(11)12/h1-4H,5-6H2,(H,11,12). The summed E-state index contributed by atoms with van der Waals surface area (Å²) >= 11 is 0. The zero-order valence-corrected chi connectivity index (χ0v) is 8.09. The summed E-state index contributed by atoms with van der Waals surface area (Å²) in [6.45, 7) is -0.646. The van der Waals surface area contributed by atoms with Crippen molar-refractivity contribution in [2.45, 2.75) is 4.90 Å². The Morgan fingerprint density at radius 3 is 2.36 bits per heavy atom. The molecule has 0 heterocycles. The smallest absolute Gasteiger partial charge is 0.335 e. The van der Waals surface area contributed by atoms with Crippen molar-refractivity contribution >= 4 is 16.8 Å². The molecule has 1 N–H and O–H groups in total. The molecule has 0 radical (unpaired) electrons. The van der Waals surface area contributed by atoms with Gasteiger partial charge in [-0.2, -0.15) is 0 Å². The number of halogens is 1. The van der Waals surface area contributed by atoms with Crippen LogP contribution in [0.15, 0.2) is 29.2 Å². The predicted molar refractivity (Wildman–Crippen MR) is 50.7 cm³/mol. The van der Waals surface area contributed by atoms with Crippen LogP contribution in [0.25, 0.3) is 0 Å². The van der Waals surface area contributed by atoms with Gasteiger partial charge in [0.05, 0.1) is 22.1 Å². The lowest BCUT2D eigenvalue weighted by Crippen LogP contribution is -2.01. The van der Waals surface area contributed by atoms with E-state index >= 15 is 0 Å². The molecule has 0 aliphatic carbocycles. The van der Waals surface area contributed by atoms with E-state index in [1.54, 1.807) is 0 Å². The minimum atomic E-state index is -1.37. The number of carboxylic acids is 1. The third-order valence-corrected chi connectivity index (χ3v) is 2.95. The number of carbonyl (C=O) groups is 1. The van der Waals surface area contributed by atoms with Crippen molar-refractivity contribution in [3.8, 4) is 0 Å². The van der Waals surface area contributed by atoms with E-state index in [-0.39, 0.29) is 11.3 Å². The fourth-order valence-electron chi connectivity index (χ4n) is 0.937. The van der Waals surface area contributed by atoms with Crippen molar-refractivity contribution in [1.82, 2.24) is 0 Å². The minimum absolute atomic E-state index is 0.0492. The first kappa shape index (κ1) is 10.8. The Kier molecular flexibility index (Phi) is 3.76. The molecule has 14 heavy (non-hydrogen) atoms. The molecule has 3 nitrogen and oxygen atoms in total. The first-order valence-electron chi connectivity index (χ1n) is 3.93. The van der Waals surface area contributed by atoms with Crippen molar-refractivity contribution < 1.29 is 18.5 Å². The Balaban J connectivity index is 2.83. The molecule has 1 atom stereocenters. The zero-order chi connectivity index (χ0) is 10.6. The van der Waals surface area contributed by atoms with Gasteiger partial charge in [-0.3, -0.25) is 8.60 Å². The summed E-state index contributed by atoms with van der Waals surface area (Å²) in [4.78, 5) is 10.9. The van der Waals surface area contributed by atoms with Gasteiger partial charge in [0.15, 0.2) is 0 Å². The van der Waals surface area contributed by atoms with Gasteiger partial charge in [0, 0.05) is 4.90 Å². The number of carboxylic acid groups (broad SMARTS) is 1. The number of aromatic carboxylic acids is 1. The molecule has 0 spiro atoms. The van der Waals surface area contributed by atoms with Crippen molar-refractivity contribution in [1.29, 1.82) is 0 Å². The molecule has 5 heteroatoms. The summed E-state index contributed by atoms with van der Waals surface area (Å²) in [5.74, 6) is -1.08. The molecule has 1 rings (SSSR count). The quantitative estimate of drug-likeness (QED) is 0.829. The Morgan fingerprint density at radius 1 is 1.36 bits per heavy atom. The summed E-state index contributed by atoms with van der Waals surface area (Å²) in [5.41, 5.74) is 0.131. The van der Waals surface area contributed by atoms with Gasteiger partial charge in [0.2, 0.25) is 0 Å². The molecule has 0 bridgehead atoms. The molecule has 0 aliphatic heterocycles. The number of alkyl halides is 1. The third kappa shape index (κ3) is 2.63. The third-order valence-electron chi connectivity index (χ3n) is 1.63. The molecule has 76 valence electrons. The highest BCUT2D eigenvalue weighted by Gasteiger charge is 2.05. The SMILES string of the molecule is O=C(O)c1ccc(S(=O)CCF)cc1. The van der Waals surface area contributed by atoms with E-state index in [4.69, 9.17) is 5.11 Å². The average molecular weight is 216 g/mol. The molecule has 0 aliphatic rings. The molecule has 0 aromatic heterocycles. The van der Waals surface area contributed by atoms with Crippen LogP contribution in [0.5, 0.6) is 0 Å². The molecule has 0 fully saturated rings. The maximum absolute atomic E-state index is 11.8. The largest absolute Gasteiger partial charge is 0.478 e. The van der Waals surface area contributed by atoms with Gasteiger partial charge >= 0.3 is 5.97 Å². The average Bonchev–Trinajstić information content (AvgIpc) is 2.18. The summed E-state index contributed by atoms with van der Waals surface area (Å²) in [6.07, 6.45) is 0. The van der Waals surface area contributed by atoms with Crippen LogP contribution in [0.3, 0.4) is 0 Å². The molecule has 0 saturated heterocycles. The van der Waals surface area contributed by atoms with Crippen LogP contribution in [0.4, 0.5) is 4.39 Å². The molecular formula is C9H9FO3S. The van der Waals surface area contributed by atoms with Crippen LogP contribution < -0.4 is 0 Å². The van der Waals surface area contributed by atoms with Crippen LogP contribution in [-0.2, 0) is 10.8 Å². The fourth-order valence-corrected chi connectivity index (χ4v) is 1.75. The van der Waals surface area contributed by atoms with E-state index in [9.17, 15) is 13.4 Å². The number of hydrogen-bond donors (Lipinski definition) is 1. The molecule has 1 unspecified atom stereocenters. The lowest BCUT2D eigenvalue weighted by atomic mass is 10.2. The minimum Gasteiger partial charge on any atom is -0.478 e. The molecule has 1 aromatic carbocycles. The van der Waals surface area contributed by atoms with Crippen LogP contribution in [-0.4, -0.2) is 27.7 Å². The van der Waals surface area contributed by atoms with Gasteiger partial charge in [0.1, 0.15) is 6.67 Å². The lowest BCUT2D eigenvalue weighted by molar-refractivity contribution is 0.0697. The predicted octanol–water partition coefficient (Wildman–Crippen LogP) is 1.46. The van der Waals surface area contributed by atoms with Gasteiger partial charge in [-0.25, -0.2) is 4.79 Å². The maximum Gasteiger partial charge on any atom is 0.335 e. The summed E-state index contributed by atoms with van der Waals surface area (Å²) in [5, 5.41) is 8.58. The normalized spacial score (nSPS) is 12.4. The molecule has 0 saturated carbocycles. The fraction of sp³-hybridized carbons (Fsp3) is 0.222. The topological polar surface area (TPSA) is 54.4 Å². The monoisotopic (exact) mass is 216 g/mol. The van der Waals surface area contributed by atoms with Crippen molar-refractivity contribution in [3.63, 3.8) is 0 Å². The second-order valence-corrected chi connectivity index (χ2v) is 4.14. The molecule has 1 aromatic rings. The van der Waals surface area contributed by atoms with Gasteiger partial charge < -0.3 is 5.11 Å². The van der Waals surface area contributed by atoms with E-state index in [1.165, 1.54) is 24.3 Å². The number of benzene rings is 1. The Bertz CT molecular complexity index is 348. The number of rotatable bonds is 4. The highest BCUT2D eigenvalue weighted by Crippen LogP contribution is 2.09. The second-order valence-electron chi connectivity index (χ2n) is 2.57. The lowest BCUT2D eigenvalue weighted by Gasteiger charge is -1.99. The van der Waals surface area contributed by atoms with Crippen LogP contribution >= 0.6 is 0 Å². The highest BCUT2D eigenvalue weighted by molar-refractivity contribution is 7.85. The zero-order valence-electron chi connectivity index (χ0n) is 7.27. The van der Waals surface area contributed by atoms with E-state index in [0.29, 0.717) is 4.90 Å². The van der Waals surface area contributed by atoms with E-state index in [0.717, 1.165) is 0 Å². The van der Waals surface area contributed by atoms with E-state index in [1.807, 2.05) is 0 Å². The van der Waals surface area contributed by atoms with Gasteiger partial charge in [0.25, 0.3) is 0 Å². The van der Waals surface area contributed by atoms with Crippen LogP contribution in [0.2, 0.25) is 0 Å². The maximum atomic E-state index is 11.8. The van der Waals surface area contributed by atoms with Crippen molar-refractivity contribution in [3.05, 3.63) is 29.8 Å². The Hall–Kier alpha value is -1.23. The molecule has 0 amide bonds. The van der Waals surface area contributed by atoms with Crippen molar-refractivity contribution in [2.24, 2.45) is 0 Å². The first-order chi connectivity index (χ1) is 6.65. The molecular weight excluding hydrogens is 207 g/mol. The van der Waals surface area contributed by atoms with Gasteiger partial charge in [-0.05, 0) is 24.3 Å². The number of hydrogen-bond acceptors (Lipinski definition) is 2. The highest BCUT2D eigenvalue weighted by atomic mass is 32.2. The van der Waals surface area contributed by atoms with E-state index in [2.05, 4.69) is 0 Å². The van der Waals surface area contributed by atoms with Gasteiger partial charge in [-0.1, -0.05) is 0 Å². The van der Waals surface area contributed by atoms with Gasteiger partial charge in [-0.15, -0.1) is 0 Å². The van der Waals surface area contributed by atoms with Crippen LogP contribution in [0.1, 0.15) is 10.4 Å². The second kappa shape index (κ2) is 4.85. The summed E-state index contributed by atoms with van der Waals surface area (Å²) in [6, 6.07) is 5.59. The van der Waals surface area contributed by atoms with E-state index < -0.39 is 23.4 Å². The van der Waals surface area contributed by atoms with Crippen molar-refractivity contribution in [2.75, 3.05) is 12.4 Å². The summed E-state index contributed by atoms with van der Waals surface area (Å²) < 4.78 is 23.1.